The predicted molar refractivity (Wildman–Crippen MR) is 123 cm³/mol. The van der Waals surface area contributed by atoms with E-state index in [-0.39, 0.29) is 18.2 Å². The summed E-state index contributed by atoms with van der Waals surface area (Å²) in [5, 5.41) is 3.15. The summed E-state index contributed by atoms with van der Waals surface area (Å²) in [6, 6.07) is 11.8. The van der Waals surface area contributed by atoms with Crippen molar-refractivity contribution in [3.05, 3.63) is 58.6 Å². The maximum Gasteiger partial charge on any atom is 0.338 e. The Morgan fingerprint density at radius 1 is 1.26 bits per heavy atom. The van der Waals surface area contributed by atoms with E-state index < -0.39 is 11.2 Å². The van der Waals surface area contributed by atoms with Crippen LogP contribution in [0.25, 0.3) is 0 Å². The summed E-state index contributed by atoms with van der Waals surface area (Å²) >= 11 is 7.33. The maximum atomic E-state index is 12.7. The molecule has 1 fully saturated rings. The molecule has 2 aromatic carbocycles. The molecule has 1 aliphatic heterocycles. The lowest BCUT2D eigenvalue weighted by Gasteiger charge is -2.28. The zero-order valence-corrected chi connectivity index (χ0v) is 18.9. The van der Waals surface area contributed by atoms with E-state index in [0.717, 1.165) is 5.56 Å². The molecule has 0 bridgehead atoms. The van der Waals surface area contributed by atoms with E-state index in [1.807, 2.05) is 13.0 Å². The molecule has 1 unspecified atom stereocenters. The third kappa shape index (κ3) is 5.65. The van der Waals surface area contributed by atoms with Crippen molar-refractivity contribution in [2.75, 3.05) is 19.0 Å². The Bertz CT molecular complexity index is 1040. The van der Waals surface area contributed by atoms with E-state index >= 15 is 0 Å². The van der Waals surface area contributed by atoms with Gasteiger partial charge in [-0.1, -0.05) is 29.4 Å². The number of amides is 2. The van der Waals surface area contributed by atoms with Crippen molar-refractivity contribution in [2.24, 2.45) is 4.99 Å². The number of carbonyl (C=O) groups excluding carboxylic acids is 3. The van der Waals surface area contributed by atoms with Crippen LogP contribution in [0.4, 0.5) is 11.4 Å². The van der Waals surface area contributed by atoms with Crippen molar-refractivity contribution >= 4 is 57.7 Å². The van der Waals surface area contributed by atoms with Gasteiger partial charge >= 0.3 is 5.97 Å². The highest BCUT2D eigenvalue weighted by molar-refractivity contribution is 8.15. The van der Waals surface area contributed by atoms with E-state index in [1.165, 1.54) is 16.7 Å². The van der Waals surface area contributed by atoms with Crippen LogP contribution in [0.3, 0.4) is 0 Å². The van der Waals surface area contributed by atoms with Crippen LogP contribution in [-0.4, -0.2) is 46.8 Å². The van der Waals surface area contributed by atoms with E-state index in [2.05, 4.69) is 10.3 Å². The van der Waals surface area contributed by atoms with E-state index in [0.29, 0.717) is 33.7 Å². The highest BCUT2D eigenvalue weighted by Crippen LogP contribution is 2.29. The molecule has 0 radical (unpaired) electrons. The third-order valence-corrected chi connectivity index (χ3v) is 6.25. The number of aliphatic imine (C=N–C) groups is 1. The van der Waals surface area contributed by atoms with Crippen LogP contribution in [-0.2, 0) is 14.3 Å². The number of ether oxygens (including phenoxy) is 1. The lowest BCUT2D eigenvalue weighted by molar-refractivity contribution is -0.128. The van der Waals surface area contributed by atoms with Crippen LogP contribution < -0.4 is 5.32 Å². The summed E-state index contributed by atoms with van der Waals surface area (Å²) in [7, 11) is 1.62. The smallest absolute Gasteiger partial charge is 0.338 e. The van der Waals surface area contributed by atoms with Crippen LogP contribution in [0, 0.1) is 6.92 Å². The number of carbonyl (C=O) groups is 3. The molecule has 1 aliphatic rings. The number of halogens is 1. The average Bonchev–Trinajstić information content (AvgIpc) is 2.74. The van der Waals surface area contributed by atoms with Gasteiger partial charge in [0.25, 0.3) is 0 Å². The molecule has 0 aliphatic carbocycles. The number of esters is 1. The second-order valence-corrected chi connectivity index (χ2v) is 8.46. The molecule has 162 valence electrons. The van der Waals surface area contributed by atoms with Gasteiger partial charge in [0.15, 0.2) is 5.17 Å². The highest BCUT2D eigenvalue weighted by atomic mass is 35.5. The molecule has 0 aromatic heterocycles. The fraction of sp³-hybridized carbons (Fsp3) is 0.273. The van der Waals surface area contributed by atoms with Gasteiger partial charge in [0.1, 0.15) is 5.25 Å². The number of nitrogens with one attached hydrogen (secondary N) is 1. The van der Waals surface area contributed by atoms with E-state index in [4.69, 9.17) is 16.3 Å². The second-order valence-electron chi connectivity index (χ2n) is 6.88. The van der Waals surface area contributed by atoms with Crippen LogP contribution in [0.1, 0.15) is 29.3 Å². The van der Waals surface area contributed by atoms with Gasteiger partial charge in [-0.15, -0.1) is 0 Å². The summed E-state index contributed by atoms with van der Waals surface area (Å²) in [6.07, 6.45) is 0.0629. The van der Waals surface area contributed by atoms with Crippen molar-refractivity contribution in [3.63, 3.8) is 0 Å². The zero-order chi connectivity index (χ0) is 22.5. The van der Waals surface area contributed by atoms with Gasteiger partial charge in [-0.25, -0.2) is 9.79 Å². The molecule has 1 atom stereocenters. The zero-order valence-electron chi connectivity index (χ0n) is 17.3. The molecule has 3 rings (SSSR count). The number of anilines is 1. The minimum atomic E-state index is -0.624. The Morgan fingerprint density at radius 3 is 2.61 bits per heavy atom. The van der Waals surface area contributed by atoms with Crippen molar-refractivity contribution in [1.82, 2.24) is 4.90 Å². The highest BCUT2D eigenvalue weighted by Gasteiger charge is 2.34. The summed E-state index contributed by atoms with van der Waals surface area (Å²) in [4.78, 5) is 42.9. The number of benzene rings is 2. The van der Waals surface area contributed by atoms with Crippen LogP contribution in [0.15, 0.2) is 47.5 Å². The van der Waals surface area contributed by atoms with Crippen molar-refractivity contribution in [2.45, 2.75) is 25.5 Å². The molecular weight excluding hydrogens is 438 g/mol. The Kier molecular flexibility index (Phi) is 7.35. The summed E-state index contributed by atoms with van der Waals surface area (Å²) in [5.41, 5.74) is 2.45. The molecule has 0 saturated carbocycles. The average molecular weight is 460 g/mol. The van der Waals surface area contributed by atoms with Crippen LogP contribution >= 0.6 is 23.4 Å². The SMILES string of the molecule is CCOC(=O)c1ccc(N=C2SC(C(=O)Nc3ccc(C)c(Cl)c3)CC(=O)N2C)cc1. The van der Waals surface area contributed by atoms with Crippen molar-refractivity contribution in [3.8, 4) is 0 Å². The normalized spacial score (nSPS) is 17.5. The quantitative estimate of drug-likeness (QED) is 0.669. The molecular formula is C22H22ClN3O4S. The fourth-order valence-corrected chi connectivity index (χ4v) is 4.03. The maximum absolute atomic E-state index is 12.7. The number of amidine groups is 1. The summed E-state index contributed by atoms with van der Waals surface area (Å²) in [6.45, 7) is 3.91. The second kappa shape index (κ2) is 9.98. The largest absolute Gasteiger partial charge is 0.462 e. The Morgan fingerprint density at radius 2 is 1.97 bits per heavy atom. The number of hydrogen-bond acceptors (Lipinski definition) is 6. The van der Waals surface area contributed by atoms with Gasteiger partial charge in [0, 0.05) is 24.2 Å². The topological polar surface area (TPSA) is 88.1 Å². The van der Waals surface area contributed by atoms with E-state index in [9.17, 15) is 14.4 Å². The van der Waals surface area contributed by atoms with Crippen LogP contribution in [0.2, 0.25) is 5.02 Å². The third-order valence-electron chi connectivity index (χ3n) is 4.60. The first-order chi connectivity index (χ1) is 14.8. The Balaban J connectivity index is 1.75. The standard InChI is InChI=1S/C22H22ClN3O4S/c1-4-30-21(29)14-6-9-15(10-7-14)25-22-26(3)19(27)12-18(31-22)20(28)24-16-8-5-13(2)17(23)11-16/h5-11,18H,4,12H2,1-3H3,(H,24,28). The molecule has 31 heavy (non-hydrogen) atoms. The molecule has 1 N–H and O–H groups in total. The lowest BCUT2D eigenvalue weighted by atomic mass is 10.2. The molecule has 0 spiro atoms. The number of aryl methyl sites for hydroxylation is 1. The summed E-state index contributed by atoms with van der Waals surface area (Å²) < 4.78 is 4.97. The minimum absolute atomic E-state index is 0.0629. The number of hydrogen-bond donors (Lipinski definition) is 1. The number of nitrogens with zero attached hydrogens (tertiary/aromatic N) is 2. The molecule has 7 nitrogen and oxygen atoms in total. The molecule has 1 heterocycles. The lowest BCUT2D eigenvalue weighted by Crippen LogP contribution is -2.43. The number of thioether (sulfide) groups is 1. The molecule has 2 amide bonds. The van der Waals surface area contributed by atoms with Gasteiger partial charge in [-0.2, -0.15) is 0 Å². The Labute approximate surface area is 189 Å². The monoisotopic (exact) mass is 459 g/mol. The van der Waals surface area contributed by atoms with Gasteiger partial charge in [0.2, 0.25) is 11.8 Å². The summed E-state index contributed by atoms with van der Waals surface area (Å²) in [5.74, 6) is -0.909. The first-order valence-corrected chi connectivity index (χ1v) is 10.9. The Hall–Kier alpha value is -2.84. The predicted octanol–water partition coefficient (Wildman–Crippen LogP) is 4.42. The van der Waals surface area contributed by atoms with Crippen molar-refractivity contribution < 1.29 is 19.1 Å². The number of rotatable bonds is 5. The molecule has 9 heteroatoms. The van der Waals surface area contributed by atoms with Gasteiger partial charge in [0.05, 0.1) is 17.9 Å². The molecule has 2 aromatic rings. The van der Waals surface area contributed by atoms with Crippen molar-refractivity contribution in [1.29, 1.82) is 0 Å². The van der Waals surface area contributed by atoms with Gasteiger partial charge < -0.3 is 10.1 Å². The fourth-order valence-electron chi connectivity index (χ4n) is 2.79. The first kappa shape index (κ1) is 22.8. The van der Waals surface area contributed by atoms with Gasteiger partial charge in [-0.3, -0.25) is 14.5 Å². The van der Waals surface area contributed by atoms with Gasteiger partial charge in [-0.05, 0) is 55.8 Å². The minimum Gasteiger partial charge on any atom is -0.462 e. The van der Waals surface area contributed by atoms with Crippen LogP contribution in [0.5, 0.6) is 0 Å². The first-order valence-electron chi connectivity index (χ1n) is 9.64. The molecule has 1 saturated heterocycles. The van der Waals surface area contributed by atoms with E-state index in [1.54, 1.807) is 50.4 Å².